The molecule has 0 radical (unpaired) electrons. The average molecular weight is 388 g/mol. The molecule has 1 aromatic heterocycles. The van der Waals surface area contributed by atoms with Crippen molar-refractivity contribution >= 4 is 0 Å². The summed E-state index contributed by atoms with van der Waals surface area (Å²) in [5.74, 6) is 0.890. The zero-order valence-corrected chi connectivity index (χ0v) is 17.9. The minimum atomic E-state index is 0.890. The number of methoxy groups -OCH3 is 1. The molecule has 0 saturated heterocycles. The van der Waals surface area contributed by atoms with Crippen LogP contribution in [0.3, 0.4) is 0 Å². The van der Waals surface area contributed by atoms with E-state index in [0.717, 1.165) is 25.0 Å². The molecular formula is C27H33NO. The van der Waals surface area contributed by atoms with Crippen LogP contribution in [0.5, 0.6) is 5.75 Å². The Hall–Kier alpha value is -2.61. The van der Waals surface area contributed by atoms with Gasteiger partial charge >= 0.3 is 0 Å². The van der Waals surface area contributed by atoms with Gasteiger partial charge in [-0.15, -0.1) is 0 Å². The van der Waals surface area contributed by atoms with E-state index in [9.17, 15) is 0 Å². The molecule has 29 heavy (non-hydrogen) atoms. The van der Waals surface area contributed by atoms with Crippen LogP contribution in [0.25, 0.3) is 11.1 Å². The molecule has 0 amide bonds. The van der Waals surface area contributed by atoms with Gasteiger partial charge in [-0.05, 0) is 66.1 Å². The number of unbranched alkanes of at least 4 members (excludes halogenated alkanes) is 4. The van der Waals surface area contributed by atoms with E-state index in [-0.39, 0.29) is 0 Å². The second-order valence-corrected chi connectivity index (χ2v) is 7.75. The van der Waals surface area contributed by atoms with Gasteiger partial charge in [0.2, 0.25) is 0 Å². The van der Waals surface area contributed by atoms with Crippen molar-refractivity contribution in [3.8, 4) is 16.9 Å². The van der Waals surface area contributed by atoms with Crippen LogP contribution in [0.1, 0.15) is 55.8 Å². The largest absolute Gasteiger partial charge is 0.497 e. The molecule has 2 aromatic carbocycles. The molecule has 3 aromatic rings. The first kappa shape index (κ1) is 21.1. The SMILES string of the molecule is CCCCCCCc1ccc(CCc2ccc(-c3ccc(OC)cc3)cc2)cn1. The van der Waals surface area contributed by atoms with E-state index in [4.69, 9.17) is 4.74 Å². The molecule has 2 heteroatoms. The molecule has 0 N–H and O–H groups in total. The number of hydrogen-bond donors (Lipinski definition) is 0. The lowest BCUT2D eigenvalue weighted by atomic mass is 10.0. The summed E-state index contributed by atoms with van der Waals surface area (Å²) in [6.07, 6.45) is 11.8. The van der Waals surface area contributed by atoms with Crippen LogP contribution >= 0.6 is 0 Å². The normalized spacial score (nSPS) is 10.8. The van der Waals surface area contributed by atoms with Crippen molar-refractivity contribution in [2.24, 2.45) is 0 Å². The fraction of sp³-hybridized carbons (Fsp3) is 0.370. The summed E-state index contributed by atoms with van der Waals surface area (Å²) in [6.45, 7) is 2.26. The predicted octanol–water partition coefficient (Wildman–Crippen LogP) is 7.06. The van der Waals surface area contributed by atoms with Gasteiger partial charge in [0.25, 0.3) is 0 Å². The molecule has 0 spiro atoms. The van der Waals surface area contributed by atoms with Crippen LogP contribution in [0.2, 0.25) is 0 Å². The Kier molecular flexibility index (Phi) is 8.30. The number of rotatable bonds is 11. The Morgan fingerprint density at radius 1 is 0.655 bits per heavy atom. The van der Waals surface area contributed by atoms with Crippen LogP contribution in [-0.4, -0.2) is 12.1 Å². The molecule has 0 fully saturated rings. The highest BCUT2D eigenvalue weighted by Gasteiger charge is 2.02. The zero-order valence-electron chi connectivity index (χ0n) is 17.9. The minimum absolute atomic E-state index is 0.890. The van der Waals surface area contributed by atoms with Gasteiger partial charge in [0, 0.05) is 11.9 Å². The van der Waals surface area contributed by atoms with E-state index in [1.165, 1.54) is 60.1 Å². The van der Waals surface area contributed by atoms with E-state index in [1.54, 1.807) is 7.11 Å². The van der Waals surface area contributed by atoms with Crippen molar-refractivity contribution in [1.82, 2.24) is 4.98 Å². The van der Waals surface area contributed by atoms with Crippen molar-refractivity contribution in [2.75, 3.05) is 7.11 Å². The first-order valence-corrected chi connectivity index (χ1v) is 11.0. The van der Waals surface area contributed by atoms with E-state index in [2.05, 4.69) is 66.6 Å². The van der Waals surface area contributed by atoms with Gasteiger partial charge in [-0.2, -0.15) is 0 Å². The standard InChI is InChI=1S/C27H33NO/c1-3-4-5-6-7-8-26-18-13-23(21-28-26)10-9-22-11-14-24(15-12-22)25-16-19-27(29-2)20-17-25/h11-21H,3-10H2,1-2H3. The molecule has 1 heterocycles. The Labute approximate surface area is 176 Å². The van der Waals surface area contributed by atoms with Crippen LogP contribution < -0.4 is 4.74 Å². The zero-order chi connectivity index (χ0) is 20.3. The quantitative estimate of drug-likeness (QED) is 0.329. The maximum atomic E-state index is 5.23. The molecular weight excluding hydrogens is 354 g/mol. The van der Waals surface area contributed by atoms with E-state index >= 15 is 0 Å². The molecule has 0 saturated carbocycles. The van der Waals surface area contributed by atoms with E-state index in [1.807, 2.05) is 12.1 Å². The lowest BCUT2D eigenvalue weighted by Gasteiger charge is -2.07. The Bertz CT molecular complexity index is 835. The predicted molar refractivity (Wildman–Crippen MR) is 123 cm³/mol. The van der Waals surface area contributed by atoms with Crippen LogP contribution in [0.15, 0.2) is 66.9 Å². The monoisotopic (exact) mass is 387 g/mol. The molecule has 0 aliphatic heterocycles. The number of benzene rings is 2. The Balaban J connectivity index is 1.47. The van der Waals surface area contributed by atoms with Crippen molar-refractivity contribution in [3.05, 3.63) is 83.7 Å². The Morgan fingerprint density at radius 2 is 1.28 bits per heavy atom. The lowest BCUT2D eigenvalue weighted by Crippen LogP contribution is -1.95. The molecule has 0 aliphatic rings. The Morgan fingerprint density at radius 3 is 1.90 bits per heavy atom. The van der Waals surface area contributed by atoms with Crippen LogP contribution in [-0.2, 0) is 19.3 Å². The number of pyridine rings is 1. The van der Waals surface area contributed by atoms with Gasteiger partial charge in [-0.25, -0.2) is 0 Å². The summed E-state index contributed by atoms with van der Waals surface area (Å²) in [4.78, 5) is 4.67. The maximum absolute atomic E-state index is 5.23. The van der Waals surface area contributed by atoms with E-state index in [0.29, 0.717) is 0 Å². The molecule has 3 rings (SSSR count). The number of aryl methyl sites for hydroxylation is 3. The van der Waals surface area contributed by atoms with Crippen molar-refractivity contribution in [3.63, 3.8) is 0 Å². The van der Waals surface area contributed by atoms with Gasteiger partial charge in [0.15, 0.2) is 0 Å². The van der Waals surface area contributed by atoms with Crippen molar-refractivity contribution in [1.29, 1.82) is 0 Å². The smallest absolute Gasteiger partial charge is 0.118 e. The third-order valence-corrected chi connectivity index (χ3v) is 5.50. The fourth-order valence-electron chi connectivity index (χ4n) is 3.60. The molecule has 0 bridgehead atoms. The van der Waals surface area contributed by atoms with Gasteiger partial charge in [-0.1, -0.05) is 75.1 Å². The second kappa shape index (κ2) is 11.4. The highest BCUT2D eigenvalue weighted by atomic mass is 16.5. The minimum Gasteiger partial charge on any atom is -0.497 e. The first-order chi connectivity index (χ1) is 14.3. The van der Waals surface area contributed by atoms with Crippen molar-refractivity contribution in [2.45, 2.75) is 58.3 Å². The number of hydrogen-bond acceptors (Lipinski definition) is 2. The van der Waals surface area contributed by atoms with E-state index < -0.39 is 0 Å². The summed E-state index contributed by atoms with van der Waals surface area (Å²) in [6, 6.07) is 21.6. The average Bonchev–Trinajstić information content (AvgIpc) is 2.79. The summed E-state index contributed by atoms with van der Waals surface area (Å²) < 4.78 is 5.23. The van der Waals surface area contributed by atoms with Gasteiger partial charge in [0.1, 0.15) is 5.75 Å². The number of nitrogens with zero attached hydrogens (tertiary/aromatic N) is 1. The van der Waals surface area contributed by atoms with Gasteiger partial charge < -0.3 is 4.74 Å². The molecule has 0 aliphatic carbocycles. The molecule has 0 unspecified atom stereocenters. The maximum Gasteiger partial charge on any atom is 0.118 e. The summed E-state index contributed by atoms with van der Waals surface area (Å²) in [5, 5.41) is 0. The molecule has 2 nitrogen and oxygen atoms in total. The second-order valence-electron chi connectivity index (χ2n) is 7.75. The lowest BCUT2D eigenvalue weighted by molar-refractivity contribution is 0.415. The fourth-order valence-corrected chi connectivity index (χ4v) is 3.60. The highest BCUT2D eigenvalue weighted by Crippen LogP contribution is 2.23. The summed E-state index contributed by atoms with van der Waals surface area (Å²) in [5.41, 5.74) is 6.36. The van der Waals surface area contributed by atoms with Gasteiger partial charge in [-0.3, -0.25) is 4.98 Å². The van der Waals surface area contributed by atoms with Crippen LogP contribution in [0.4, 0.5) is 0 Å². The number of ether oxygens (including phenoxy) is 1. The van der Waals surface area contributed by atoms with Crippen LogP contribution in [0, 0.1) is 0 Å². The molecule has 152 valence electrons. The topological polar surface area (TPSA) is 22.1 Å². The third kappa shape index (κ3) is 6.74. The highest BCUT2D eigenvalue weighted by molar-refractivity contribution is 5.64. The number of aromatic nitrogens is 1. The van der Waals surface area contributed by atoms with Crippen molar-refractivity contribution < 1.29 is 4.74 Å². The van der Waals surface area contributed by atoms with Gasteiger partial charge in [0.05, 0.1) is 7.11 Å². The summed E-state index contributed by atoms with van der Waals surface area (Å²) in [7, 11) is 1.70. The molecule has 0 atom stereocenters. The third-order valence-electron chi connectivity index (χ3n) is 5.50. The summed E-state index contributed by atoms with van der Waals surface area (Å²) >= 11 is 0. The first-order valence-electron chi connectivity index (χ1n) is 11.0.